The van der Waals surface area contributed by atoms with Crippen molar-refractivity contribution in [2.45, 2.75) is 19.3 Å². The number of benzene rings is 2. The predicted octanol–water partition coefficient (Wildman–Crippen LogP) is 5.17. The van der Waals surface area contributed by atoms with Crippen molar-refractivity contribution in [2.24, 2.45) is 11.8 Å². The van der Waals surface area contributed by atoms with Crippen LogP contribution in [-0.4, -0.2) is 31.9 Å². The number of methoxy groups -OCH3 is 2. The van der Waals surface area contributed by atoms with Gasteiger partial charge in [-0.25, -0.2) is 0 Å². The van der Waals surface area contributed by atoms with Crippen LogP contribution in [0, 0.1) is 11.8 Å². The van der Waals surface area contributed by atoms with Gasteiger partial charge in [-0.05, 0) is 36.2 Å². The van der Waals surface area contributed by atoms with Crippen molar-refractivity contribution in [1.82, 2.24) is 0 Å². The lowest BCUT2D eigenvalue weighted by Gasteiger charge is -2.30. The third-order valence-electron chi connectivity index (χ3n) is 4.86. The van der Waals surface area contributed by atoms with Gasteiger partial charge in [-0.3, -0.25) is 14.4 Å². The number of ether oxygens (including phenoxy) is 2. The Bertz CT molecular complexity index is 846. The summed E-state index contributed by atoms with van der Waals surface area (Å²) in [5, 5.41) is 0. The Balaban J connectivity index is 2.60. The number of hydrogen-bond donors (Lipinski definition) is 0. The highest BCUT2D eigenvalue weighted by Crippen LogP contribution is 2.38. The molecule has 5 nitrogen and oxygen atoms in total. The molecule has 0 aliphatic carbocycles. The summed E-state index contributed by atoms with van der Waals surface area (Å²) in [5.41, 5.74) is 1.20. The van der Waals surface area contributed by atoms with Gasteiger partial charge in [0.1, 0.15) is 0 Å². The first-order chi connectivity index (χ1) is 13.8. The fourth-order valence-electron chi connectivity index (χ4n) is 3.42. The maximum atomic E-state index is 13.4. The second-order valence-electron chi connectivity index (χ2n) is 6.49. The molecule has 0 spiro atoms. The highest BCUT2D eigenvalue weighted by molar-refractivity contribution is 9.10. The molecule has 7 heteroatoms. The van der Waals surface area contributed by atoms with Crippen LogP contribution < -0.4 is 0 Å². The van der Waals surface area contributed by atoms with Crippen molar-refractivity contribution < 1.29 is 23.9 Å². The standard InChI is InChI=1S/C22H22Br2O5/c1-4-17(20(25)14-7-11-16(24)12-8-14)18(13-5-9-15(23)10-6-13)19(21(26)28-2)22(27)29-3/h5-12,17-19H,4H2,1-3H3/t17-,18+/m0/s1. The molecule has 0 aliphatic heterocycles. The van der Waals surface area contributed by atoms with Crippen LogP contribution in [0.1, 0.15) is 35.2 Å². The van der Waals surface area contributed by atoms with E-state index in [2.05, 4.69) is 31.9 Å². The molecule has 0 aromatic heterocycles. The lowest BCUT2D eigenvalue weighted by molar-refractivity contribution is -0.160. The molecule has 0 saturated carbocycles. The Labute approximate surface area is 187 Å². The number of rotatable bonds is 8. The molecule has 0 amide bonds. The van der Waals surface area contributed by atoms with Crippen LogP contribution in [0.4, 0.5) is 0 Å². The Morgan fingerprint density at radius 1 is 0.828 bits per heavy atom. The monoisotopic (exact) mass is 524 g/mol. The van der Waals surface area contributed by atoms with Gasteiger partial charge in [-0.1, -0.05) is 63.0 Å². The molecule has 0 unspecified atom stereocenters. The van der Waals surface area contributed by atoms with Gasteiger partial charge >= 0.3 is 11.9 Å². The molecule has 0 saturated heterocycles. The average molecular weight is 526 g/mol. The number of esters is 2. The van der Waals surface area contributed by atoms with Crippen molar-refractivity contribution in [3.63, 3.8) is 0 Å². The summed E-state index contributed by atoms with van der Waals surface area (Å²) >= 11 is 6.75. The van der Waals surface area contributed by atoms with Gasteiger partial charge in [0.05, 0.1) is 14.2 Å². The topological polar surface area (TPSA) is 69.7 Å². The van der Waals surface area contributed by atoms with Crippen molar-refractivity contribution in [1.29, 1.82) is 0 Å². The zero-order valence-corrected chi connectivity index (χ0v) is 19.5. The van der Waals surface area contributed by atoms with E-state index in [-0.39, 0.29) is 5.78 Å². The zero-order valence-electron chi connectivity index (χ0n) is 16.4. The van der Waals surface area contributed by atoms with E-state index < -0.39 is 29.7 Å². The molecule has 0 aliphatic rings. The number of carbonyl (C=O) groups is 3. The second-order valence-corrected chi connectivity index (χ2v) is 8.32. The lowest BCUT2D eigenvalue weighted by atomic mass is 9.72. The van der Waals surface area contributed by atoms with Crippen LogP contribution in [0.25, 0.3) is 0 Å². The number of ketones is 1. The Kier molecular flexibility index (Phi) is 8.59. The van der Waals surface area contributed by atoms with Crippen molar-refractivity contribution in [3.8, 4) is 0 Å². The van der Waals surface area contributed by atoms with Gasteiger partial charge in [0.15, 0.2) is 11.7 Å². The van der Waals surface area contributed by atoms with Crippen LogP contribution >= 0.6 is 31.9 Å². The third kappa shape index (κ3) is 5.54. The summed E-state index contributed by atoms with van der Waals surface area (Å²) in [7, 11) is 2.43. The van der Waals surface area contributed by atoms with Gasteiger partial charge in [-0.15, -0.1) is 0 Å². The predicted molar refractivity (Wildman–Crippen MR) is 117 cm³/mol. The van der Waals surface area contributed by atoms with Crippen molar-refractivity contribution >= 4 is 49.6 Å². The third-order valence-corrected chi connectivity index (χ3v) is 5.92. The normalized spacial score (nSPS) is 12.9. The number of Topliss-reactive ketones (excluding diaryl/α,β-unsaturated/α-hetero) is 1. The van der Waals surface area contributed by atoms with Crippen LogP contribution in [0.15, 0.2) is 57.5 Å². The molecule has 29 heavy (non-hydrogen) atoms. The minimum Gasteiger partial charge on any atom is -0.468 e. The maximum Gasteiger partial charge on any atom is 0.320 e. The first kappa shape index (κ1) is 23.3. The number of halogens is 2. The smallest absolute Gasteiger partial charge is 0.320 e. The fraction of sp³-hybridized carbons (Fsp3) is 0.318. The number of carbonyl (C=O) groups excluding carboxylic acids is 3. The molecule has 0 fully saturated rings. The maximum absolute atomic E-state index is 13.4. The summed E-state index contributed by atoms with van der Waals surface area (Å²) in [6.45, 7) is 1.86. The van der Waals surface area contributed by atoms with E-state index in [9.17, 15) is 14.4 Å². The molecule has 0 radical (unpaired) electrons. The summed E-state index contributed by atoms with van der Waals surface area (Å²) in [5.74, 6) is -4.22. The van der Waals surface area contributed by atoms with Crippen LogP contribution in [0.2, 0.25) is 0 Å². The second kappa shape index (κ2) is 10.7. The molecule has 2 atom stereocenters. The van der Waals surface area contributed by atoms with E-state index in [1.165, 1.54) is 14.2 Å². The summed E-state index contributed by atoms with van der Waals surface area (Å²) < 4.78 is 11.5. The number of hydrogen-bond acceptors (Lipinski definition) is 5. The van der Waals surface area contributed by atoms with E-state index in [1.54, 1.807) is 36.4 Å². The van der Waals surface area contributed by atoms with Crippen molar-refractivity contribution in [3.05, 3.63) is 68.6 Å². The SMILES string of the molecule is CC[C@H](C(=O)c1ccc(Br)cc1)[C@@H](c1ccc(Br)cc1)C(C(=O)OC)C(=O)OC. The Morgan fingerprint density at radius 2 is 1.28 bits per heavy atom. The van der Waals surface area contributed by atoms with Gasteiger partial charge in [0.25, 0.3) is 0 Å². The van der Waals surface area contributed by atoms with E-state index in [0.717, 1.165) is 8.95 Å². The highest BCUT2D eigenvalue weighted by atomic mass is 79.9. The Morgan fingerprint density at radius 3 is 1.69 bits per heavy atom. The van der Waals surface area contributed by atoms with Crippen LogP contribution in [0.3, 0.4) is 0 Å². The molecule has 2 aromatic carbocycles. The van der Waals surface area contributed by atoms with E-state index >= 15 is 0 Å². The minimum absolute atomic E-state index is 0.147. The average Bonchev–Trinajstić information content (AvgIpc) is 2.73. The summed E-state index contributed by atoms with van der Waals surface area (Å²) in [6, 6.07) is 14.2. The minimum atomic E-state index is -1.25. The van der Waals surface area contributed by atoms with Gasteiger partial charge in [0, 0.05) is 26.3 Å². The highest BCUT2D eigenvalue weighted by Gasteiger charge is 2.44. The molecular formula is C22H22Br2O5. The Hall–Kier alpha value is -1.99. The van der Waals surface area contributed by atoms with Crippen LogP contribution in [0.5, 0.6) is 0 Å². The molecular weight excluding hydrogens is 504 g/mol. The molecule has 154 valence electrons. The zero-order chi connectivity index (χ0) is 21.6. The molecule has 0 N–H and O–H groups in total. The molecule has 0 heterocycles. The lowest BCUT2D eigenvalue weighted by Crippen LogP contribution is -2.38. The van der Waals surface area contributed by atoms with E-state index in [4.69, 9.17) is 9.47 Å². The van der Waals surface area contributed by atoms with Gasteiger partial charge in [0.2, 0.25) is 0 Å². The molecule has 0 bridgehead atoms. The van der Waals surface area contributed by atoms with Crippen molar-refractivity contribution in [2.75, 3.05) is 14.2 Å². The summed E-state index contributed by atoms with van der Waals surface area (Å²) in [6.07, 6.45) is 0.431. The fourth-order valence-corrected chi connectivity index (χ4v) is 3.94. The van der Waals surface area contributed by atoms with Gasteiger partial charge in [-0.2, -0.15) is 0 Å². The molecule has 2 aromatic rings. The summed E-state index contributed by atoms with van der Waals surface area (Å²) in [4.78, 5) is 38.5. The van der Waals surface area contributed by atoms with E-state index in [0.29, 0.717) is 17.5 Å². The quantitative estimate of drug-likeness (QED) is 0.270. The van der Waals surface area contributed by atoms with Crippen LogP contribution in [-0.2, 0) is 19.1 Å². The van der Waals surface area contributed by atoms with E-state index in [1.807, 2.05) is 19.1 Å². The van der Waals surface area contributed by atoms with Gasteiger partial charge < -0.3 is 9.47 Å². The first-order valence-electron chi connectivity index (χ1n) is 9.04. The first-order valence-corrected chi connectivity index (χ1v) is 10.6. The largest absolute Gasteiger partial charge is 0.468 e. The molecule has 2 rings (SSSR count).